The summed E-state index contributed by atoms with van der Waals surface area (Å²) in [4.78, 5) is 22.7. The molecule has 1 aliphatic heterocycles. The Morgan fingerprint density at radius 1 is 1.39 bits per heavy atom. The zero-order valence-corrected chi connectivity index (χ0v) is 13.8. The first kappa shape index (κ1) is 17.6. The fraction of sp³-hybridized carbons (Fsp3) is 0.500. The van der Waals surface area contributed by atoms with Gasteiger partial charge in [0.1, 0.15) is 11.9 Å². The lowest BCUT2D eigenvalue weighted by Crippen LogP contribution is -2.51. The van der Waals surface area contributed by atoms with Gasteiger partial charge in [0.05, 0.1) is 24.0 Å². The molecule has 0 bridgehead atoms. The summed E-state index contributed by atoms with van der Waals surface area (Å²) < 4.78 is 11.3. The monoisotopic (exact) mass is 339 g/mol. The van der Waals surface area contributed by atoms with Gasteiger partial charge in [-0.3, -0.25) is 4.79 Å². The van der Waals surface area contributed by atoms with Gasteiger partial charge in [0, 0.05) is 6.61 Å². The first-order chi connectivity index (χ1) is 11.1. The molecule has 2 atom stereocenters. The number of rotatable bonds is 7. The van der Waals surface area contributed by atoms with Crippen LogP contribution in [0.2, 0.25) is 0 Å². The van der Waals surface area contributed by atoms with Crippen LogP contribution in [0.15, 0.2) is 24.3 Å². The molecule has 1 fully saturated rings. The van der Waals surface area contributed by atoms with Gasteiger partial charge in [0.2, 0.25) is 5.91 Å². The zero-order chi connectivity index (χ0) is 16.7. The SMILES string of the molecule is CCSCC(=O)N[C@@H]1CCOC[C@H]1Oc1ccc(C(=O)O)cc1. The Balaban J connectivity index is 1.95. The Morgan fingerprint density at radius 2 is 2.13 bits per heavy atom. The van der Waals surface area contributed by atoms with Gasteiger partial charge >= 0.3 is 5.97 Å². The van der Waals surface area contributed by atoms with Crippen molar-refractivity contribution in [3.05, 3.63) is 29.8 Å². The molecule has 7 heteroatoms. The Labute approximate surface area is 139 Å². The highest BCUT2D eigenvalue weighted by Gasteiger charge is 2.28. The molecule has 126 valence electrons. The van der Waals surface area contributed by atoms with Gasteiger partial charge in [0.25, 0.3) is 0 Å². The Morgan fingerprint density at radius 3 is 2.78 bits per heavy atom. The molecule has 1 heterocycles. The minimum absolute atomic E-state index is 0.00132. The zero-order valence-electron chi connectivity index (χ0n) is 13.0. The van der Waals surface area contributed by atoms with Crippen molar-refractivity contribution in [3.8, 4) is 5.75 Å². The number of thioether (sulfide) groups is 1. The van der Waals surface area contributed by atoms with Crippen LogP contribution in [0.3, 0.4) is 0 Å². The Hall–Kier alpha value is -1.73. The second kappa shape index (κ2) is 8.79. The predicted octanol–water partition coefficient (Wildman–Crippen LogP) is 1.79. The van der Waals surface area contributed by atoms with Crippen LogP contribution >= 0.6 is 11.8 Å². The molecule has 2 rings (SSSR count). The lowest BCUT2D eigenvalue weighted by Gasteiger charge is -2.32. The summed E-state index contributed by atoms with van der Waals surface area (Å²) in [6.45, 7) is 3.00. The van der Waals surface area contributed by atoms with Crippen LogP contribution in [0, 0.1) is 0 Å². The highest BCUT2D eigenvalue weighted by molar-refractivity contribution is 7.99. The number of nitrogens with one attached hydrogen (secondary N) is 1. The highest BCUT2D eigenvalue weighted by atomic mass is 32.2. The third-order valence-corrected chi connectivity index (χ3v) is 4.35. The van der Waals surface area contributed by atoms with Gasteiger partial charge in [-0.25, -0.2) is 4.79 Å². The van der Waals surface area contributed by atoms with Crippen LogP contribution in [0.4, 0.5) is 0 Å². The van der Waals surface area contributed by atoms with Crippen molar-refractivity contribution in [3.63, 3.8) is 0 Å². The van der Waals surface area contributed by atoms with Gasteiger partial charge in [0.15, 0.2) is 0 Å². The highest BCUT2D eigenvalue weighted by Crippen LogP contribution is 2.19. The molecule has 1 aliphatic rings. The van der Waals surface area contributed by atoms with E-state index >= 15 is 0 Å². The van der Waals surface area contributed by atoms with E-state index in [1.807, 2.05) is 6.92 Å². The number of carboxylic acids is 1. The number of hydrogen-bond acceptors (Lipinski definition) is 5. The van der Waals surface area contributed by atoms with E-state index in [0.717, 1.165) is 5.75 Å². The molecule has 2 N–H and O–H groups in total. The number of carbonyl (C=O) groups excluding carboxylic acids is 1. The maximum absolute atomic E-state index is 11.9. The van der Waals surface area contributed by atoms with Crippen molar-refractivity contribution in [2.24, 2.45) is 0 Å². The van der Waals surface area contributed by atoms with Crippen LogP contribution in [0.1, 0.15) is 23.7 Å². The van der Waals surface area contributed by atoms with E-state index in [9.17, 15) is 9.59 Å². The number of hydrogen-bond donors (Lipinski definition) is 2. The van der Waals surface area contributed by atoms with Crippen molar-refractivity contribution in [1.82, 2.24) is 5.32 Å². The van der Waals surface area contributed by atoms with Crippen molar-refractivity contribution in [2.45, 2.75) is 25.5 Å². The third-order valence-electron chi connectivity index (χ3n) is 3.48. The molecule has 0 unspecified atom stereocenters. The molecule has 1 aromatic carbocycles. The maximum atomic E-state index is 11.9. The number of ether oxygens (including phenoxy) is 2. The van der Waals surface area contributed by atoms with Gasteiger partial charge < -0.3 is 19.9 Å². The van der Waals surface area contributed by atoms with E-state index in [0.29, 0.717) is 31.1 Å². The number of aromatic carboxylic acids is 1. The fourth-order valence-corrected chi connectivity index (χ4v) is 2.76. The average molecular weight is 339 g/mol. The molecular formula is C16H21NO5S. The van der Waals surface area contributed by atoms with E-state index in [2.05, 4.69) is 5.32 Å². The molecule has 23 heavy (non-hydrogen) atoms. The fourth-order valence-electron chi connectivity index (χ4n) is 2.29. The van der Waals surface area contributed by atoms with Gasteiger partial charge in [-0.1, -0.05) is 6.92 Å². The van der Waals surface area contributed by atoms with Crippen molar-refractivity contribution in [1.29, 1.82) is 0 Å². The first-order valence-corrected chi connectivity index (χ1v) is 8.70. The first-order valence-electron chi connectivity index (χ1n) is 7.55. The second-order valence-electron chi connectivity index (χ2n) is 5.16. The average Bonchev–Trinajstić information content (AvgIpc) is 2.55. The number of carboxylic acid groups (broad SMARTS) is 1. The van der Waals surface area contributed by atoms with E-state index < -0.39 is 5.97 Å². The lowest BCUT2D eigenvalue weighted by atomic mass is 10.1. The quantitative estimate of drug-likeness (QED) is 0.788. The topological polar surface area (TPSA) is 84.9 Å². The molecule has 1 amide bonds. The molecule has 0 saturated carbocycles. The van der Waals surface area contributed by atoms with Crippen LogP contribution in [-0.4, -0.2) is 53.8 Å². The minimum Gasteiger partial charge on any atom is -0.486 e. The molecule has 0 aliphatic carbocycles. The molecule has 6 nitrogen and oxygen atoms in total. The Kier molecular flexibility index (Phi) is 6.73. The molecular weight excluding hydrogens is 318 g/mol. The van der Waals surface area contributed by atoms with Crippen molar-refractivity contribution in [2.75, 3.05) is 24.7 Å². The summed E-state index contributed by atoms with van der Waals surface area (Å²) in [7, 11) is 0. The molecule has 0 radical (unpaired) electrons. The predicted molar refractivity (Wildman–Crippen MR) is 88.2 cm³/mol. The van der Waals surface area contributed by atoms with Crippen LogP contribution in [0.25, 0.3) is 0 Å². The Bertz CT molecular complexity index is 534. The van der Waals surface area contributed by atoms with Crippen molar-refractivity contribution >= 4 is 23.6 Å². The molecule has 1 saturated heterocycles. The minimum atomic E-state index is -0.976. The van der Waals surface area contributed by atoms with E-state index in [4.69, 9.17) is 14.6 Å². The summed E-state index contributed by atoms with van der Waals surface area (Å²) in [5, 5.41) is 11.9. The van der Waals surface area contributed by atoms with Gasteiger partial charge in [-0.2, -0.15) is 11.8 Å². The van der Waals surface area contributed by atoms with Gasteiger partial charge in [-0.05, 0) is 36.4 Å². The summed E-state index contributed by atoms with van der Waals surface area (Å²) in [5.74, 6) is 0.924. The smallest absolute Gasteiger partial charge is 0.335 e. The molecule has 0 spiro atoms. The van der Waals surface area contributed by atoms with E-state index in [-0.39, 0.29) is 23.6 Å². The maximum Gasteiger partial charge on any atom is 0.335 e. The van der Waals surface area contributed by atoms with Crippen LogP contribution < -0.4 is 10.1 Å². The third kappa shape index (κ3) is 5.44. The number of amides is 1. The summed E-state index contributed by atoms with van der Waals surface area (Å²) in [6, 6.07) is 6.11. The summed E-state index contributed by atoms with van der Waals surface area (Å²) in [5.41, 5.74) is 0.207. The van der Waals surface area contributed by atoms with Crippen molar-refractivity contribution < 1.29 is 24.2 Å². The number of benzene rings is 1. The van der Waals surface area contributed by atoms with Crippen LogP contribution in [0.5, 0.6) is 5.75 Å². The van der Waals surface area contributed by atoms with E-state index in [1.165, 1.54) is 12.1 Å². The standard InChI is InChI=1S/C16H21NO5S/c1-2-23-10-15(18)17-13-7-8-21-9-14(13)22-12-5-3-11(4-6-12)16(19)20/h3-6,13-14H,2,7-10H2,1H3,(H,17,18)(H,19,20)/t13-,14-/m1/s1. The number of carbonyl (C=O) groups is 2. The summed E-state index contributed by atoms with van der Waals surface area (Å²) in [6.07, 6.45) is 0.412. The van der Waals surface area contributed by atoms with Crippen LogP contribution in [-0.2, 0) is 9.53 Å². The largest absolute Gasteiger partial charge is 0.486 e. The second-order valence-corrected chi connectivity index (χ2v) is 6.43. The normalized spacial score (nSPS) is 20.7. The summed E-state index contributed by atoms with van der Waals surface area (Å²) >= 11 is 1.57. The van der Waals surface area contributed by atoms with E-state index in [1.54, 1.807) is 23.9 Å². The molecule has 0 aromatic heterocycles. The lowest BCUT2D eigenvalue weighted by molar-refractivity contribution is -0.121. The molecule has 1 aromatic rings. The van der Waals surface area contributed by atoms with Gasteiger partial charge in [-0.15, -0.1) is 0 Å².